The summed E-state index contributed by atoms with van der Waals surface area (Å²) in [5.74, 6) is 0.176. The van der Waals surface area contributed by atoms with Gasteiger partial charge in [-0.25, -0.2) is 13.4 Å². The van der Waals surface area contributed by atoms with E-state index >= 15 is 0 Å². The molecule has 1 heterocycles. The van der Waals surface area contributed by atoms with Crippen LogP contribution in [0.1, 0.15) is 51.9 Å². The summed E-state index contributed by atoms with van der Waals surface area (Å²) in [6.45, 7) is 16.0. The first-order valence-electron chi connectivity index (χ1n) is 13.2. The number of hydrogen-bond donors (Lipinski definition) is 0. The van der Waals surface area contributed by atoms with Gasteiger partial charge in [0.1, 0.15) is 5.52 Å². The minimum atomic E-state index is -3.68. The first-order chi connectivity index (χ1) is 18.0. The van der Waals surface area contributed by atoms with Gasteiger partial charge in [-0.3, -0.25) is 9.69 Å². The number of amides is 1. The summed E-state index contributed by atoms with van der Waals surface area (Å²) in [4.78, 5) is 22.6. The molecule has 3 rings (SSSR count). The molecule has 0 atom stereocenters. The zero-order valence-electron chi connectivity index (χ0n) is 23.1. The number of hydrogen-bond acceptors (Lipinski definition) is 6. The molecule has 0 radical (unpaired) electrons. The second-order valence-electron chi connectivity index (χ2n) is 10.2. The predicted molar refractivity (Wildman–Crippen MR) is 159 cm³/mol. The number of likely N-dealkylation sites (N-methyl/N-ethyl adjacent to an activating group) is 1. The summed E-state index contributed by atoms with van der Waals surface area (Å²) in [7, 11) is -3.68. The van der Waals surface area contributed by atoms with Crippen molar-refractivity contribution in [2.24, 2.45) is 11.8 Å². The van der Waals surface area contributed by atoms with Gasteiger partial charge in [0.15, 0.2) is 5.13 Å². The quantitative estimate of drug-likeness (QED) is 0.240. The maximum Gasteiger partial charge on any atom is 0.260 e. The maximum absolute atomic E-state index is 13.8. The molecule has 0 N–H and O–H groups in total. The Morgan fingerprint density at radius 2 is 1.55 bits per heavy atom. The molecule has 2 aromatic carbocycles. The van der Waals surface area contributed by atoms with E-state index < -0.39 is 10.0 Å². The van der Waals surface area contributed by atoms with Crippen molar-refractivity contribution in [3.63, 3.8) is 0 Å². The summed E-state index contributed by atoms with van der Waals surface area (Å²) in [5.41, 5.74) is 1.08. The number of benzene rings is 2. The number of thiazole rings is 1. The average Bonchev–Trinajstić information content (AvgIpc) is 3.31. The summed E-state index contributed by atoms with van der Waals surface area (Å²) < 4.78 is 29.3. The smallest absolute Gasteiger partial charge is 0.260 e. The summed E-state index contributed by atoms with van der Waals surface area (Å²) >= 11 is 7.78. The molecule has 0 saturated carbocycles. The molecule has 0 fully saturated rings. The number of nitrogens with zero attached hydrogens (tertiary/aromatic N) is 4. The lowest BCUT2D eigenvalue weighted by Gasteiger charge is -2.26. The van der Waals surface area contributed by atoms with Gasteiger partial charge in [-0.05, 0) is 61.3 Å². The number of carbonyl (C=O) groups excluding carboxylic acids is 1. The van der Waals surface area contributed by atoms with E-state index in [1.807, 2.05) is 39.8 Å². The van der Waals surface area contributed by atoms with Crippen molar-refractivity contribution in [2.75, 3.05) is 44.2 Å². The van der Waals surface area contributed by atoms with E-state index in [9.17, 15) is 13.2 Å². The highest BCUT2D eigenvalue weighted by Crippen LogP contribution is 2.33. The Hall–Kier alpha value is -2.04. The summed E-state index contributed by atoms with van der Waals surface area (Å²) in [6, 6.07) is 11.9. The molecule has 0 aliphatic carbocycles. The van der Waals surface area contributed by atoms with E-state index in [1.165, 1.54) is 23.5 Å². The number of carbonyl (C=O) groups is 1. The lowest BCUT2D eigenvalue weighted by molar-refractivity contribution is 0.0983. The summed E-state index contributed by atoms with van der Waals surface area (Å²) in [6.07, 6.45) is 0. The van der Waals surface area contributed by atoms with E-state index in [4.69, 9.17) is 16.6 Å². The molecular formula is C28H39ClN4O3S2. The molecule has 0 aliphatic heterocycles. The third-order valence-electron chi connectivity index (χ3n) is 6.25. The molecule has 0 saturated heterocycles. The van der Waals surface area contributed by atoms with Crippen LogP contribution in [0, 0.1) is 11.8 Å². The van der Waals surface area contributed by atoms with Crippen LogP contribution in [0.5, 0.6) is 0 Å². The Bertz CT molecular complexity index is 1310. The minimum Gasteiger partial charge on any atom is -0.302 e. The van der Waals surface area contributed by atoms with Crippen molar-refractivity contribution >= 4 is 54.2 Å². The Balaban J connectivity index is 1.93. The number of fused-ring (bicyclic) bond motifs is 1. The third-order valence-corrected chi connectivity index (χ3v) is 9.44. The number of aromatic nitrogens is 1. The fourth-order valence-corrected chi connectivity index (χ4v) is 7.30. The van der Waals surface area contributed by atoms with Crippen LogP contribution in [0.3, 0.4) is 0 Å². The Labute approximate surface area is 236 Å². The molecule has 7 nitrogen and oxygen atoms in total. The Kier molecular flexibility index (Phi) is 10.7. The number of halogens is 1. The first kappa shape index (κ1) is 30.5. The molecule has 208 valence electrons. The summed E-state index contributed by atoms with van der Waals surface area (Å²) in [5, 5.41) is 1.12. The lowest BCUT2D eigenvalue weighted by atomic mass is 10.2. The maximum atomic E-state index is 13.8. The van der Waals surface area contributed by atoms with Gasteiger partial charge in [0.05, 0.1) is 14.6 Å². The van der Waals surface area contributed by atoms with Gasteiger partial charge < -0.3 is 4.90 Å². The SMILES string of the molecule is CCN(CC)CCN(C(=O)c1ccc(S(=O)(=O)N(CC(C)C)CC(C)C)cc1)c1nc2c(Cl)cccc2s1. The molecule has 0 unspecified atom stereocenters. The molecule has 1 aromatic heterocycles. The van der Waals surface area contributed by atoms with Gasteiger partial charge in [-0.1, -0.05) is 70.5 Å². The Morgan fingerprint density at radius 3 is 2.08 bits per heavy atom. The largest absolute Gasteiger partial charge is 0.302 e. The molecular weight excluding hydrogens is 540 g/mol. The lowest BCUT2D eigenvalue weighted by Crippen LogP contribution is -2.39. The van der Waals surface area contributed by atoms with Gasteiger partial charge in [-0.2, -0.15) is 4.31 Å². The van der Waals surface area contributed by atoms with E-state index in [0.717, 1.165) is 17.8 Å². The average molecular weight is 579 g/mol. The van der Waals surface area contributed by atoms with Crippen LogP contribution in [0.2, 0.25) is 5.02 Å². The highest BCUT2D eigenvalue weighted by atomic mass is 35.5. The van der Waals surface area contributed by atoms with Crippen LogP contribution in [0.25, 0.3) is 10.2 Å². The topological polar surface area (TPSA) is 73.8 Å². The molecule has 0 spiro atoms. The van der Waals surface area contributed by atoms with Crippen molar-refractivity contribution in [3.8, 4) is 0 Å². The number of sulfonamides is 1. The van der Waals surface area contributed by atoms with Crippen LogP contribution >= 0.6 is 22.9 Å². The van der Waals surface area contributed by atoms with E-state index in [1.54, 1.807) is 27.4 Å². The van der Waals surface area contributed by atoms with Crippen LogP contribution in [-0.2, 0) is 10.0 Å². The van der Waals surface area contributed by atoms with Gasteiger partial charge >= 0.3 is 0 Å². The third kappa shape index (κ3) is 7.33. The number of para-hydroxylation sites is 1. The fourth-order valence-electron chi connectivity index (χ4n) is 4.24. The van der Waals surface area contributed by atoms with Crippen molar-refractivity contribution in [2.45, 2.75) is 46.4 Å². The molecule has 38 heavy (non-hydrogen) atoms. The monoisotopic (exact) mass is 578 g/mol. The first-order valence-corrected chi connectivity index (χ1v) is 15.8. The second kappa shape index (κ2) is 13.3. The zero-order chi connectivity index (χ0) is 28.0. The van der Waals surface area contributed by atoms with Gasteiger partial charge in [0.25, 0.3) is 5.91 Å². The van der Waals surface area contributed by atoms with E-state index in [0.29, 0.717) is 47.4 Å². The number of anilines is 1. The normalized spacial score (nSPS) is 12.4. The predicted octanol–water partition coefficient (Wildman–Crippen LogP) is 6.24. The van der Waals surface area contributed by atoms with Crippen LogP contribution in [0.4, 0.5) is 5.13 Å². The van der Waals surface area contributed by atoms with Gasteiger partial charge in [-0.15, -0.1) is 0 Å². The van der Waals surface area contributed by atoms with Gasteiger partial charge in [0.2, 0.25) is 10.0 Å². The highest BCUT2D eigenvalue weighted by Gasteiger charge is 2.27. The van der Waals surface area contributed by atoms with Crippen molar-refractivity contribution in [1.29, 1.82) is 0 Å². The standard InChI is InChI=1S/C28H39ClN4O3S2/c1-7-31(8-2)16-17-33(28-30-26-24(29)10-9-11-25(26)37-28)27(34)22-12-14-23(15-13-22)38(35,36)32(18-20(3)4)19-21(5)6/h9-15,20-21H,7-8,16-19H2,1-6H3. The molecule has 3 aromatic rings. The molecule has 1 amide bonds. The minimum absolute atomic E-state index is 0.191. The fraction of sp³-hybridized carbons (Fsp3) is 0.500. The Morgan fingerprint density at radius 1 is 0.947 bits per heavy atom. The van der Waals surface area contributed by atoms with Crippen molar-refractivity contribution < 1.29 is 13.2 Å². The van der Waals surface area contributed by atoms with Gasteiger partial charge in [0, 0.05) is 31.7 Å². The highest BCUT2D eigenvalue weighted by molar-refractivity contribution is 7.89. The van der Waals surface area contributed by atoms with Crippen LogP contribution in [-0.4, -0.2) is 67.8 Å². The van der Waals surface area contributed by atoms with E-state index in [-0.39, 0.29) is 22.6 Å². The van der Waals surface area contributed by atoms with Crippen molar-refractivity contribution in [3.05, 3.63) is 53.1 Å². The second-order valence-corrected chi connectivity index (χ2v) is 13.6. The van der Waals surface area contributed by atoms with E-state index in [2.05, 4.69) is 18.7 Å². The number of rotatable bonds is 13. The van der Waals surface area contributed by atoms with Crippen LogP contribution < -0.4 is 4.90 Å². The van der Waals surface area contributed by atoms with Crippen molar-refractivity contribution in [1.82, 2.24) is 14.2 Å². The zero-order valence-corrected chi connectivity index (χ0v) is 25.5. The molecule has 10 heteroatoms. The van der Waals surface area contributed by atoms with Crippen LogP contribution in [0.15, 0.2) is 47.4 Å². The molecule has 0 bridgehead atoms. The molecule has 0 aliphatic rings.